The highest BCUT2D eigenvalue weighted by Crippen LogP contribution is 2.56. The van der Waals surface area contributed by atoms with Crippen LogP contribution in [0.2, 0.25) is 0 Å². The lowest BCUT2D eigenvalue weighted by molar-refractivity contribution is 0.652. The Morgan fingerprint density at radius 2 is 1.06 bits per heavy atom. The van der Waals surface area contributed by atoms with Crippen LogP contribution in [-0.2, 0) is 10.8 Å². The predicted octanol–water partition coefficient (Wildman–Crippen LogP) is 8.97. The minimum Gasteiger partial charge on any atom is -0.355 e. The second-order valence-electron chi connectivity index (χ2n) is 11.4. The van der Waals surface area contributed by atoms with Crippen LogP contribution >= 0.6 is 0 Å². The smallest absolute Gasteiger partial charge is 0.0443 e. The van der Waals surface area contributed by atoms with Gasteiger partial charge in [0.25, 0.3) is 0 Å². The Balaban J connectivity index is 1.48. The Morgan fingerprint density at radius 1 is 0.529 bits per heavy atom. The summed E-state index contributed by atoms with van der Waals surface area (Å²) in [6.45, 7) is 16.0. The third-order valence-electron chi connectivity index (χ3n) is 8.32. The minimum absolute atomic E-state index is 0.0237. The van der Waals surface area contributed by atoms with Crippen molar-refractivity contribution in [2.45, 2.75) is 59.3 Å². The van der Waals surface area contributed by atoms with Crippen LogP contribution in [-0.4, -0.2) is 0 Å². The first kappa shape index (κ1) is 21.2. The molecule has 0 radical (unpaired) electrons. The molecule has 0 saturated carbocycles. The van der Waals surface area contributed by atoms with Gasteiger partial charge in [-0.3, -0.25) is 0 Å². The number of hydrogen-bond acceptors (Lipinski definition) is 1. The number of anilines is 2. The largest absolute Gasteiger partial charge is 0.355 e. The molecule has 0 amide bonds. The van der Waals surface area contributed by atoms with E-state index in [1.165, 1.54) is 66.9 Å². The van der Waals surface area contributed by atoms with Gasteiger partial charge >= 0.3 is 0 Å². The van der Waals surface area contributed by atoms with E-state index in [9.17, 15) is 0 Å². The van der Waals surface area contributed by atoms with E-state index >= 15 is 0 Å². The van der Waals surface area contributed by atoms with E-state index in [2.05, 4.69) is 121 Å². The maximum Gasteiger partial charge on any atom is 0.0443 e. The molecule has 1 nitrogen and oxygen atoms in total. The van der Waals surface area contributed by atoms with Crippen LogP contribution in [0.3, 0.4) is 0 Å². The molecular formula is C33H33N. The molecule has 6 rings (SSSR count). The molecule has 0 bridgehead atoms. The maximum atomic E-state index is 3.73. The summed E-state index contributed by atoms with van der Waals surface area (Å²) in [5.74, 6) is 0. The predicted molar refractivity (Wildman–Crippen MR) is 146 cm³/mol. The van der Waals surface area contributed by atoms with Gasteiger partial charge in [0.05, 0.1) is 0 Å². The zero-order valence-corrected chi connectivity index (χ0v) is 21.4. The van der Waals surface area contributed by atoms with E-state index in [1.54, 1.807) is 0 Å². The maximum absolute atomic E-state index is 3.73. The summed E-state index contributed by atoms with van der Waals surface area (Å²) < 4.78 is 0. The molecule has 0 fully saturated rings. The molecule has 0 aromatic heterocycles. The first-order chi connectivity index (χ1) is 16.1. The molecule has 1 N–H and O–H groups in total. The van der Waals surface area contributed by atoms with Crippen molar-refractivity contribution in [2.75, 3.05) is 5.32 Å². The monoisotopic (exact) mass is 443 g/mol. The van der Waals surface area contributed by atoms with Gasteiger partial charge in [-0.2, -0.15) is 0 Å². The number of fused-ring (bicyclic) bond motifs is 6. The van der Waals surface area contributed by atoms with Gasteiger partial charge < -0.3 is 5.32 Å². The summed E-state index contributed by atoms with van der Waals surface area (Å²) in [5.41, 5.74) is 17.5. The summed E-state index contributed by atoms with van der Waals surface area (Å²) in [7, 11) is 0. The van der Waals surface area contributed by atoms with Crippen LogP contribution in [0.5, 0.6) is 0 Å². The topological polar surface area (TPSA) is 12.0 Å². The van der Waals surface area contributed by atoms with E-state index in [1.807, 2.05) is 0 Å². The third kappa shape index (κ3) is 2.79. The molecule has 4 aromatic rings. The van der Waals surface area contributed by atoms with E-state index < -0.39 is 0 Å². The molecule has 0 aliphatic heterocycles. The molecule has 34 heavy (non-hydrogen) atoms. The van der Waals surface area contributed by atoms with Crippen molar-refractivity contribution in [1.82, 2.24) is 0 Å². The Kier molecular flexibility index (Phi) is 4.28. The Labute approximate surface area is 203 Å². The highest BCUT2D eigenvalue weighted by atomic mass is 14.9. The molecule has 0 heterocycles. The average molecular weight is 444 g/mol. The Hall–Kier alpha value is -3.32. The van der Waals surface area contributed by atoms with Crippen LogP contribution in [0.4, 0.5) is 11.4 Å². The van der Waals surface area contributed by atoms with Gasteiger partial charge in [0.15, 0.2) is 0 Å². The Morgan fingerprint density at radius 3 is 1.71 bits per heavy atom. The van der Waals surface area contributed by atoms with Crippen LogP contribution in [0.25, 0.3) is 22.3 Å². The summed E-state index contributed by atoms with van der Waals surface area (Å²) in [4.78, 5) is 0. The SMILES string of the molecule is Cc1cc(C)c(Nc2ccc3c(c2)C(C)(C)c2cc4c(cc2-3)C(C)(C)c2ccccc2-4)c(C)c1. The quantitative estimate of drug-likeness (QED) is 0.326. The van der Waals surface area contributed by atoms with Gasteiger partial charge in [-0.1, -0.05) is 75.7 Å². The molecule has 1 heteroatoms. The van der Waals surface area contributed by atoms with Crippen molar-refractivity contribution < 1.29 is 0 Å². The summed E-state index contributed by atoms with van der Waals surface area (Å²) in [5, 5.41) is 3.73. The standard InChI is InChI=1S/C33H33N/c1-19-14-20(2)31(21(3)15-19)34-22-12-13-24-26-18-29-25(17-30(26)33(6,7)28(24)16-22)23-10-8-9-11-27(23)32(29,4)5/h8-18,34H,1-7H3. The second kappa shape index (κ2) is 6.85. The Bertz CT molecular complexity index is 1480. The van der Waals surface area contributed by atoms with Crippen LogP contribution in [0, 0.1) is 20.8 Å². The van der Waals surface area contributed by atoms with Crippen LogP contribution in [0.1, 0.15) is 66.6 Å². The first-order valence-electron chi connectivity index (χ1n) is 12.4. The summed E-state index contributed by atoms with van der Waals surface area (Å²) in [6.07, 6.45) is 0. The van der Waals surface area contributed by atoms with E-state index in [0.29, 0.717) is 0 Å². The van der Waals surface area contributed by atoms with Gasteiger partial charge in [-0.15, -0.1) is 0 Å². The minimum atomic E-state index is -0.0452. The van der Waals surface area contributed by atoms with E-state index in [4.69, 9.17) is 0 Å². The number of hydrogen-bond donors (Lipinski definition) is 1. The molecule has 0 unspecified atom stereocenters. The first-order valence-corrected chi connectivity index (χ1v) is 12.4. The van der Waals surface area contributed by atoms with Crippen molar-refractivity contribution in [3.63, 3.8) is 0 Å². The second-order valence-corrected chi connectivity index (χ2v) is 11.4. The van der Waals surface area contributed by atoms with Crippen molar-refractivity contribution in [2.24, 2.45) is 0 Å². The van der Waals surface area contributed by atoms with Gasteiger partial charge in [0.1, 0.15) is 0 Å². The summed E-state index contributed by atoms with van der Waals surface area (Å²) in [6, 6.07) is 25.4. The number of benzene rings is 4. The molecule has 170 valence electrons. The molecule has 2 aliphatic carbocycles. The molecule has 0 saturated heterocycles. The fourth-order valence-corrected chi connectivity index (χ4v) is 6.53. The lowest BCUT2D eigenvalue weighted by Crippen LogP contribution is -2.17. The van der Waals surface area contributed by atoms with Gasteiger partial charge in [-0.05, 0) is 101 Å². The van der Waals surface area contributed by atoms with Gasteiger partial charge in [0, 0.05) is 22.2 Å². The number of rotatable bonds is 2. The van der Waals surface area contributed by atoms with Crippen molar-refractivity contribution in [3.8, 4) is 22.3 Å². The highest BCUT2D eigenvalue weighted by molar-refractivity contribution is 5.90. The third-order valence-corrected chi connectivity index (χ3v) is 8.32. The highest BCUT2D eigenvalue weighted by Gasteiger charge is 2.41. The lowest BCUT2D eigenvalue weighted by atomic mass is 9.79. The number of aryl methyl sites for hydroxylation is 3. The average Bonchev–Trinajstić information content (AvgIpc) is 3.15. The molecule has 0 atom stereocenters. The van der Waals surface area contributed by atoms with Crippen LogP contribution in [0.15, 0.2) is 66.7 Å². The lowest BCUT2D eigenvalue weighted by Gasteiger charge is -2.24. The van der Waals surface area contributed by atoms with Gasteiger partial charge in [-0.25, -0.2) is 0 Å². The normalized spacial score (nSPS) is 16.0. The summed E-state index contributed by atoms with van der Waals surface area (Å²) >= 11 is 0. The van der Waals surface area contributed by atoms with Crippen LogP contribution < -0.4 is 5.32 Å². The fraction of sp³-hybridized carbons (Fsp3) is 0.273. The zero-order valence-electron chi connectivity index (χ0n) is 21.4. The number of nitrogens with one attached hydrogen (secondary N) is 1. The molecular weight excluding hydrogens is 410 g/mol. The van der Waals surface area contributed by atoms with Crippen molar-refractivity contribution >= 4 is 11.4 Å². The fourth-order valence-electron chi connectivity index (χ4n) is 6.53. The molecule has 4 aromatic carbocycles. The van der Waals surface area contributed by atoms with Crippen molar-refractivity contribution in [1.29, 1.82) is 0 Å². The van der Waals surface area contributed by atoms with E-state index in [-0.39, 0.29) is 10.8 Å². The van der Waals surface area contributed by atoms with E-state index in [0.717, 1.165) is 5.69 Å². The molecule has 0 spiro atoms. The molecule has 2 aliphatic rings. The van der Waals surface area contributed by atoms with Gasteiger partial charge in [0.2, 0.25) is 0 Å². The van der Waals surface area contributed by atoms with Crippen molar-refractivity contribution in [3.05, 3.63) is 106 Å². The zero-order chi connectivity index (χ0) is 24.0.